The number of hydrogen-bond donors (Lipinski definition) is 0. The Morgan fingerprint density at radius 1 is 0.600 bits per heavy atom. The van der Waals surface area contributed by atoms with Gasteiger partial charge < -0.3 is 24.8 Å². The summed E-state index contributed by atoms with van der Waals surface area (Å²) in [6.45, 7) is 4.78. The molecule has 3 heteroatoms. The average Bonchev–Trinajstić information content (AvgIpc) is 3.40. The molecular weight excluding hydrogens is 546 g/mol. The molecule has 0 spiro atoms. The molecule has 1 aliphatic heterocycles. The molecule has 1 heterocycles. The van der Waals surface area contributed by atoms with Gasteiger partial charge in [0.05, 0.1) is 0 Å². The molecule has 0 nitrogen and oxygen atoms in total. The minimum Gasteiger partial charge on any atom is -1.00 e. The zero-order valence-corrected chi connectivity index (χ0v) is 24.3. The van der Waals surface area contributed by atoms with E-state index in [-0.39, 0.29) is 24.8 Å². The maximum atomic E-state index is 2.60. The molecule has 176 valence electrons. The molecule has 7 rings (SSSR count). The third-order valence-electron chi connectivity index (χ3n) is 8.83. The molecule has 4 aromatic rings. The van der Waals surface area contributed by atoms with E-state index >= 15 is 0 Å². The van der Waals surface area contributed by atoms with Crippen molar-refractivity contribution in [1.29, 1.82) is 0 Å². The second kappa shape index (κ2) is 9.33. The molecule has 0 radical (unpaired) electrons. The van der Waals surface area contributed by atoms with Crippen molar-refractivity contribution in [3.8, 4) is 0 Å². The topological polar surface area (TPSA) is 0 Å². The third-order valence-corrected chi connectivity index (χ3v) is 21.9. The summed E-state index contributed by atoms with van der Waals surface area (Å²) in [6, 6.07) is 27.8. The van der Waals surface area contributed by atoms with Crippen LogP contribution in [0, 0.1) is 0 Å². The molecule has 0 bridgehead atoms. The van der Waals surface area contributed by atoms with Crippen molar-refractivity contribution < 1.29 is 45.1 Å². The van der Waals surface area contributed by atoms with E-state index in [0.29, 0.717) is 0 Å². The largest absolute Gasteiger partial charge is 1.00 e. The van der Waals surface area contributed by atoms with Gasteiger partial charge in [-0.15, -0.1) is 0 Å². The van der Waals surface area contributed by atoms with E-state index in [4.69, 9.17) is 0 Å². The van der Waals surface area contributed by atoms with Crippen LogP contribution in [0.15, 0.2) is 83.9 Å². The molecule has 0 N–H and O–H groups in total. The van der Waals surface area contributed by atoms with Gasteiger partial charge >= 0.3 is 202 Å². The van der Waals surface area contributed by atoms with E-state index in [1.807, 2.05) is 0 Å². The summed E-state index contributed by atoms with van der Waals surface area (Å²) in [6.07, 6.45) is 7.58. The molecule has 1 saturated heterocycles. The maximum absolute atomic E-state index is 2.60. The zero-order chi connectivity index (χ0) is 22.2. The molecule has 1 fully saturated rings. The van der Waals surface area contributed by atoms with Gasteiger partial charge in [-0.05, 0) is 0 Å². The Labute approximate surface area is 225 Å². The van der Waals surface area contributed by atoms with Gasteiger partial charge in [0.2, 0.25) is 0 Å². The van der Waals surface area contributed by atoms with E-state index in [9.17, 15) is 0 Å². The summed E-state index contributed by atoms with van der Waals surface area (Å²) in [5.41, 5.74) is 9.89. The third kappa shape index (κ3) is 3.57. The molecule has 2 unspecified atom stereocenters. The number of halogens is 2. The van der Waals surface area contributed by atoms with E-state index < -0.39 is 20.3 Å². The van der Waals surface area contributed by atoms with Crippen LogP contribution >= 0.6 is 0 Å². The van der Waals surface area contributed by atoms with Crippen LogP contribution in [-0.2, 0) is 20.3 Å². The molecule has 0 saturated carbocycles. The molecule has 0 aromatic heterocycles. The van der Waals surface area contributed by atoms with Crippen LogP contribution in [0.4, 0.5) is 0 Å². The van der Waals surface area contributed by atoms with E-state index in [1.165, 1.54) is 53.8 Å². The molecule has 0 amide bonds. The quantitative estimate of drug-likeness (QED) is 0.350. The Balaban J connectivity index is 0.00000127. The summed E-state index contributed by atoms with van der Waals surface area (Å²) in [7, 11) is 0. The van der Waals surface area contributed by atoms with Crippen molar-refractivity contribution in [2.75, 3.05) is 0 Å². The standard InChI is InChI=1S/2C15H13.C2H4.2ClH.Zr/c2*1-2-11-9-13-8-7-12-5-3-4-6-14(12)15(13)10-11;1-2;;;/h2*3-10H,2H2,1H3;1-2H2;2*1H;/q;;;;;+2/p-2. The first-order valence-corrected chi connectivity index (χ1v) is 19.0. The van der Waals surface area contributed by atoms with Gasteiger partial charge in [-0.1, -0.05) is 0 Å². The molecule has 2 aliphatic carbocycles. The number of fused-ring (bicyclic) bond motifs is 6. The van der Waals surface area contributed by atoms with Crippen molar-refractivity contribution in [3.63, 3.8) is 0 Å². The molecule has 4 aromatic carbocycles. The van der Waals surface area contributed by atoms with E-state index in [1.54, 1.807) is 22.3 Å². The summed E-state index contributed by atoms with van der Waals surface area (Å²) in [5.74, 6) is 0. The second-order valence-electron chi connectivity index (χ2n) is 10.3. The first kappa shape index (κ1) is 25.0. The van der Waals surface area contributed by atoms with Crippen molar-refractivity contribution in [3.05, 3.63) is 106 Å². The van der Waals surface area contributed by atoms with E-state index in [0.717, 1.165) is 7.25 Å². The normalized spacial score (nSPS) is 20.1. The Hall–Kier alpha value is -1.66. The predicted molar refractivity (Wildman–Crippen MR) is 140 cm³/mol. The summed E-state index contributed by atoms with van der Waals surface area (Å²) >= 11 is -2.54. The summed E-state index contributed by atoms with van der Waals surface area (Å²) in [5, 5.41) is 5.68. The van der Waals surface area contributed by atoms with Gasteiger partial charge in [-0.2, -0.15) is 0 Å². The number of allylic oxidation sites excluding steroid dienone is 2. The minimum absolute atomic E-state index is 0. The first-order chi connectivity index (χ1) is 16.2. The molecular formula is C32H30Cl2Zr. The van der Waals surface area contributed by atoms with Crippen LogP contribution in [0.1, 0.15) is 56.2 Å². The van der Waals surface area contributed by atoms with Crippen molar-refractivity contribution in [2.24, 2.45) is 0 Å². The van der Waals surface area contributed by atoms with Crippen molar-refractivity contribution >= 4 is 33.7 Å². The summed E-state index contributed by atoms with van der Waals surface area (Å²) < 4.78 is 4.58. The Morgan fingerprint density at radius 2 is 1.03 bits per heavy atom. The van der Waals surface area contributed by atoms with Crippen LogP contribution in [0.25, 0.3) is 33.7 Å². The molecule has 3 aliphatic rings. The van der Waals surface area contributed by atoms with Crippen LogP contribution < -0.4 is 24.8 Å². The van der Waals surface area contributed by atoms with Crippen LogP contribution in [-0.4, -0.2) is 0 Å². The SMILES string of the molecule is CCC1=Cc2c(ccc3ccccc23)[CH]1[Zr+2]1([CH]2C(CC)=Cc3c2ccc2ccccc32)[CH2][CH2]1.[Cl-].[Cl-]. The predicted octanol–water partition coefficient (Wildman–Crippen LogP) is 3.40. The maximum Gasteiger partial charge on any atom is -1.00 e. The monoisotopic (exact) mass is 574 g/mol. The fraction of sp³-hybridized carbons (Fsp3) is 0.250. The number of benzene rings is 4. The van der Waals surface area contributed by atoms with Gasteiger partial charge in [-0.3, -0.25) is 0 Å². The van der Waals surface area contributed by atoms with Crippen LogP contribution in [0.5, 0.6) is 0 Å². The van der Waals surface area contributed by atoms with Gasteiger partial charge in [0.25, 0.3) is 0 Å². The van der Waals surface area contributed by atoms with Gasteiger partial charge in [0, 0.05) is 0 Å². The van der Waals surface area contributed by atoms with Crippen molar-refractivity contribution in [2.45, 2.75) is 42.2 Å². The number of hydrogen-bond acceptors (Lipinski definition) is 0. The molecule has 35 heavy (non-hydrogen) atoms. The average molecular weight is 577 g/mol. The smallest absolute Gasteiger partial charge is 1.00 e. The fourth-order valence-corrected chi connectivity index (χ4v) is 25.1. The Kier molecular flexibility index (Phi) is 6.67. The van der Waals surface area contributed by atoms with Gasteiger partial charge in [0.15, 0.2) is 0 Å². The van der Waals surface area contributed by atoms with E-state index in [2.05, 4.69) is 98.8 Å². The number of rotatable bonds is 4. The summed E-state index contributed by atoms with van der Waals surface area (Å²) in [4.78, 5) is 0. The van der Waals surface area contributed by atoms with Crippen LogP contribution in [0.2, 0.25) is 8.26 Å². The zero-order valence-electron chi connectivity index (χ0n) is 20.3. The fourth-order valence-electron chi connectivity index (χ4n) is 7.25. The Bertz CT molecular complexity index is 1400. The Morgan fingerprint density at radius 3 is 1.43 bits per heavy atom. The minimum atomic E-state index is -2.54. The van der Waals surface area contributed by atoms with Gasteiger partial charge in [-0.25, -0.2) is 0 Å². The molecule has 2 atom stereocenters. The second-order valence-corrected chi connectivity index (χ2v) is 21.7. The van der Waals surface area contributed by atoms with Crippen molar-refractivity contribution in [1.82, 2.24) is 0 Å². The first-order valence-electron chi connectivity index (χ1n) is 12.7. The van der Waals surface area contributed by atoms with Gasteiger partial charge in [0.1, 0.15) is 0 Å². The van der Waals surface area contributed by atoms with Crippen LogP contribution in [0.3, 0.4) is 0 Å².